The largest absolute Gasteiger partial charge is 0.445 e. The van der Waals surface area contributed by atoms with Crippen LogP contribution in [-0.2, 0) is 11.3 Å². The van der Waals surface area contributed by atoms with E-state index in [4.69, 9.17) is 4.74 Å². The van der Waals surface area contributed by atoms with Gasteiger partial charge in [0.1, 0.15) is 12.4 Å². The minimum Gasteiger partial charge on any atom is -0.445 e. The van der Waals surface area contributed by atoms with Crippen LogP contribution in [0.4, 0.5) is 9.18 Å². The Bertz CT molecular complexity index is 763. The number of hydrogen-bond donors (Lipinski definition) is 1. The molecular formula is C19H16FNO3. The number of benzene rings is 2. The fraction of sp³-hybridized carbons (Fsp3) is 0.158. The number of hydrogen-bond acceptors (Lipinski definition) is 3. The van der Waals surface area contributed by atoms with E-state index in [1.54, 1.807) is 6.07 Å². The van der Waals surface area contributed by atoms with Gasteiger partial charge in [-0.05, 0) is 17.7 Å². The Balaban J connectivity index is 1.74. The summed E-state index contributed by atoms with van der Waals surface area (Å²) in [6.07, 6.45) is 0.272. The molecule has 0 atom stereocenters. The maximum atomic E-state index is 13.4. The van der Waals surface area contributed by atoms with Gasteiger partial charge >= 0.3 is 6.09 Å². The number of alkyl carbamates (subject to hydrolysis) is 1. The average Bonchev–Trinajstić information content (AvgIpc) is 2.60. The first-order valence-electron chi connectivity index (χ1n) is 7.38. The van der Waals surface area contributed by atoms with Gasteiger partial charge in [0.15, 0.2) is 6.29 Å². The maximum Gasteiger partial charge on any atom is 0.407 e. The number of rotatable bonds is 5. The third-order valence-electron chi connectivity index (χ3n) is 3.13. The topological polar surface area (TPSA) is 55.4 Å². The Hall–Kier alpha value is -3.13. The standard InChI is InChI=1S/C19H16FNO3/c20-18-11-6-10-16(17(18)13-22)9-4-5-12-21-19(23)24-14-15-7-2-1-3-8-15/h1-3,6-8,10-11,13H,5,12,14H2,(H,21,23). The minimum atomic E-state index is -0.598. The van der Waals surface area contributed by atoms with Crippen LogP contribution in [0.5, 0.6) is 0 Å². The van der Waals surface area contributed by atoms with Crippen molar-refractivity contribution in [2.45, 2.75) is 13.0 Å². The predicted molar refractivity (Wildman–Crippen MR) is 87.9 cm³/mol. The zero-order valence-electron chi connectivity index (χ0n) is 12.9. The molecule has 4 nitrogen and oxygen atoms in total. The summed E-state index contributed by atoms with van der Waals surface area (Å²) in [5, 5.41) is 2.57. The van der Waals surface area contributed by atoms with Crippen molar-refractivity contribution in [2.75, 3.05) is 6.54 Å². The SMILES string of the molecule is O=Cc1c(F)cccc1C#CCCNC(=O)OCc1ccccc1. The van der Waals surface area contributed by atoms with E-state index in [1.165, 1.54) is 12.1 Å². The highest BCUT2D eigenvalue weighted by Gasteiger charge is 2.04. The molecule has 24 heavy (non-hydrogen) atoms. The number of carbonyl (C=O) groups excluding carboxylic acids is 2. The summed E-state index contributed by atoms with van der Waals surface area (Å²) in [4.78, 5) is 22.4. The second-order valence-corrected chi connectivity index (χ2v) is 4.86. The Kier molecular flexibility index (Phi) is 6.54. The van der Waals surface area contributed by atoms with E-state index in [-0.39, 0.29) is 12.2 Å². The second kappa shape index (κ2) is 9.11. The molecule has 0 fully saturated rings. The quantitative estimate of drug-likeness (QED) is 0.521. The van der Waals surface area contributed by atoms with Crippen molar-refractivity contribution in [1.29, 1.82) is 0 Å². The third kappa shape index (κ3) is 5.25. The molecule has 5 heteroatoms. The summed E-state index contributed by atoms with van der Waals surface area (Å²) in [5.74, 6) is 4.91. The van der Waals surface area contributed by atoms with Crippen molar-refractivity contribution in [3.05, 3.63) is 71.0 Å². The highest BCUT2D eigenvalue weighted by atomic mass is 19.1. The first-order valence-corrected chi connectivity index (χ1v) is 7.38. The number of ether oxygens (including phenoxy) is 1. The lowest BCUT2D eigenvalue weighted by atomic mass is 10.1. The molecule has 2 aromatic rings. The van der Waals surface area contributed by atoms with Gasteiger partial charge in [0, 0.05) is 18.5 Å². The maximum absolute atomic E-state index is 13.4. The highest BCUT2D eigenvalue weighted by Crippen LogP contribution is 2.09. The Labute approximate surface area is 139 Å². The zero-order chi connectivity index (χ0) is 17.2. The Morgan fingerprint density at radius 3 is 2.71 bits per heavy atom. The number of nitrogens with one attached hydrogen (secondary N) is 1. The molecule has 1 amide bonds. The molecule has 0 aliphatic carbocycles. The van der Waals surface area contributed by atoms with Gasteiger partial charge in [0.05, 0.1) is 5.56 Å². The molecule has 0 aliphatic heterocycles. The zero-order valence-corrected chi connectivity index (χ0v) is 12.9. The van der Waals surface area contributed by atoms with Crippen molar-refractivity contribution in [3.8, 4) is 11.8 Å². The molecule has 0 aliphatic rings. The van der Waals surface area contributed by atoms with Gasteiger partial charge in [-0.25, -0.2) is 9.18 Å². The third-order valence-corrected chi connectivity index (χ3v) is 3.13. The van der Waals surface area contributed by atoms with Gasteiger partial charge in [-0.3, -0.25) is 4.79 Å². The van der Waals surface area contributed by atoms with Crippen LogP contribution in [0.1, 0.15) is 27.9 Å². The van der Waals surface area contributed by atoms with E-state index >= 15 is 0 Å². The molecule has 1 N–H and O–H groups in total. The van der Waals surface area contributed by atoms with Crippen LogP contribution in [0.15, 0.2) is 48.5 Å². The van der Waals surface area contributed by atoms with E-state index in [1.807, 2.05) is 30.3 Å². The van der Waals surface area contributed by atoms with E-state index in [0.29, 0.717) is 24.8 Å². The molecule has 0 unspecified atom stereocenters. The molecule has 2 rings (SSSR count). The van der Waals surface area contributed by atoms with Crippen molar-refractivity contribution >= 4 is 12.4 Å². The Morgan fingerprint density at radius 1 is 1.17 bits per heavy atom. The van der Waals surface area contributed by atoms with Crippen LogP contribution in [-0.4, -0.2) is 18.9 Å². The minimum absolute atomic E-state index is 0.0553. The molecule has 0 bridgehead atoms. The second-order valence-electron chi connectivity index (χ2n) is 4.86. The molecule has 122 valence electrons. The fourth-order valence-electron chi connectivity index (χ4n) is 1.92. The van der Waals surface area contributed by atoms with Gasteiger partial charge in [-0.1, -0.05) is 48.2 Å². The van der Waals surface area contributed by atoms with Crippen LogP contribution in [0.3, 0.4) is 0 Å². The van der Waals surface area contributed by atoms with Crippen molar-refractivity contribution < 1.29 is 18.7 Å². The Morgan fingerprint density at radius 2 is 1.96 bits per heavy atom. The van der Waals surface area contributed by atoms with E-state index < -0.39 is 11.9 Å². The van der Waals surface area contributed by atoms with E-state index in [0.717, 1.165) is 5.56 Å². The van der Waals surface area contributed by atoms with Crippen LogP contribution < -0.4 is 5.32 Å². The molecule has 0 saturated carbocycles. The number of carbonyl (C=O) groups is 2. The van der Waals surface area contributed by atoms with E-state index in [9.17, 15) is 14.0 Å². The fourth-order valence-corrected chi connectivity index (χ4v) is 1.92. The number of amides is 1. The van der Waals surface area contributed by atoms with Gasteiger partial charge < -0.3 is 10.1 Å². The summed E-state index contributed by atoms with van der Waals surface area (Å²) >= 11 is 0. The smallest absolute Gasteiger partial charge is 0.407 e. The van der Waals surface area contributed by atoms with Gasteiger partial charge in [0.25, 0.3) is 0 Å². The average molecular weight is 325 g/mol. The summed E-state index contributed by atoms with van der Waals surface area (Å²) in [5.41, 5.74) is 1.18. The monoisotopic (exact) mass is 325 g/mol. The summed E-state index contributed by atoms with van der Waals surface area (Å²) in [7, 11) is 0. The van der Waals surface area contributed by atoms with Gasteiger partial charge in [-0.15, -0.1) is 0 Å². The lowest BCUT2D eigenvalue weighted by molar-refractivity contribution is 0.111. The lowest BCUT2D eigenvalue weighted by Gasteiger charge is -2.05. The molecular weight excluding hydrogens is 309 g/mol. The first kappa shape index (κ1) is 17.2. The predicted octanol–water partition coefficient (Wildman–Crippen LogP) is 3.31. The molecule has 0 aromatic heterocycles. The summed E-state index contributed by atoms with van der Waals surface area (Å²) in [6.45, 7) is 0.497. The van der Waals surface area contributed by atoms with Crippen molar-refractivity contribution in [3.63, 3.8) is 0 Å². The normalized spacial score (nSPS) is 9.54. The van der Waals surface area contributed by atoms with Crippen molar-refractivity contribution in [2.24, 2.45) is 0 Å². The summed E-state index contributed by atoms with van der Waals surface area (Å²) in [6, 6.07) is 13.6. The van der Waals surface area contributed by atoms with Crippen LogP contribution in [0.25, 0.3) is 0 Å². The molecule has 0 radical (unpaired) electrons. The summed E-state index contributed by atoms with van der Waals surface area (Å²) < 4.78 is 18.4. The number of halogens is 1. The van der Waals surface area contributed by atoms with Crippen LogP contribution in [0, 0.1) is 17.7 Å². The molecule has 2 aromatic carbocycles. The molecule has 0 saturated heterocycles. The van der Waals surface area contributed by atoms with Crippen LogP contribution >= 0.6 is 0 Å². The highest BCUT2D eigenvalue weighted by molar-refractivity contribution is 5.79. The lowest BCUT2D eigenvalue weighted by Crippen LogP contribution is -2.24. The molecule has 0 heterocycles. The van der Waals surface area contributed by atoms with Crippen LogP contribution in [0.2, 0.25) is 0 Å². The molecule has 0 spiro atoms. The first-order chi connectivity index (χ1) is 11.7. The number of aldehydes is 1. The van der Waals surface area contributed by atoms with Gasteiger partial charge in [0.2, 0.25) is 0 Å². The van der Waals surface area contributed by atoms with Gasteiger partial charge in [-0.2, -0.15) is 0 Å². The van der Waals surface area contributed by atoms with E-state index in [2.05, 4.69) is 17.2 Å². The van der Waals surface area contributed by atoms with Crippen molar-refractivity contribution in [1.82, 2.24) is 5.32 Å².